The molecule has 1 aromatic rings. The molecule has 1 aliphatic carbocycles. The van der Waals surface area contributed by atoms with Gasteiger partial charge in [-0.05, 0) is 51.3 Å². The lowest BCUT2D eigenvalue weighted by atomic mass is 9.82. The molecule has 2 unspecified atom stereocenters. The lowest BCUT2D eigenvalue weighted by Crippen LogP contribution is -2.56. The average molecular weight is 418 g/mol. The average Bonchev–Trinajstić information content (AvgIpc) is 2.75. The van der Waals surface area contributed by atoms with Crippen LogP contribution < -0.4 is 10.6 Å². The summed E-state index contributed by atoms with van der Waals surface area (Å²) in [6.07, 6.45) is 7.56. The Balaban J connectivity index is 1.57. The fourth-order valence-electron chi connectivity index (χ4n) is 4.18. The lowest BCUT2D eigenvalue weighted by molar-refractivity contribution is -0.130. The second kappa shape index (κ2) is 9.55. The van der Waals surface area contributed by atoms with Crippen molar-refractivity contribution in [3.63, 3.8) is 0 Å². The first kappa shape index (κ1) is 21.5. The summed E-state index contributed by atoms with van der Waals surface area (Å²) < 4.78 is 0. The van der Waals surface area contributed by atoms with E-state index in [0.717, 1.165) is 38.6 Å². The van der Waals surface area contributed by atoms with Crippen LogP contribution in [-0.2, 0) is 9.59 Å². The van der Waals surface area contributed by atoms with Gasteiger partial charge in [-0.3, -0.25) is 14.5 Å². The highest BCUT2D eigenvalue weighted by molar-refractivity contribution is 6.30. The van der Waals surface area contributed by atoms with E-state index in [4.69, 9.17) is 11.6 Å². The molecular weight excluding hydrogens is 390 g/mol. The number of hydrogen-bond acceptors (Lipinski definition) is 5. The standard InChI is InChI=1S/C21H28ClN5O2/c1-15(19(28)26-21(14-23)9-3-2-4-10-21)27-11-5-6-16(13-27)20(29)25-18-8-7-17(22)12-24-18/h7-8,12,15-16H,2-6,9-11,13H2,1H3,(H,26,28)(H,24,25,29). The maximum absolute atomic E-state index is 12.8. The van der Waals surface area contributed by atoms with Gasteiger partial charge in [0.15, 0.2) is 0 Å². The Kier molecular flexibility index (Phi) is 7.09. The summed E-state index contributed by atoms with van der Waals surface area (Å²) in [6.45, 7) is 3.12. The van der Waals surface area contributed by atoms with Gasteiger partial charge in [-0.15, -0.1) is 0 Å². The maximum atomic E-state index is 12.8. The third-order valence-electron chi connectivity index (χ3n) is 6.01. The molecular formula is C21H28ClN5O2. The molecule has 2 fully saturated rings. The van der Waals surface area contributed by atoms with Gasteiger partial charge in [0.25, 0.3) is 0 Å². The van der Waals surface area contributed by atoms with Gasteiger partial charge in [0.2, 0.25) is 11.8 Å². The fraction of sp³-hybridized carbons (Fsp3) is 0.619. The summed E-state index contributed by atoms with van der Waals surface area (Å²) in [5.41, 5.74) is -0.740. The molecule has 0 spiro atoms. The van der Waals surface area contributed by atoms with Crippen LogP contribution in [0.5, 0.6) is 0 Å². The molecule has 0 aromatic carbocycles. The molecule has 0 radical (unpaired) electrons. The second-order valence-electron chi connectivity index (χ2n) is 8.10. The Morgan fingerprint density at radius 3 is 2.72 bits per heavy atom. The van der Waals surface area contributed by atoms with Crippen molar-refractivity contribution in [2.24, 2.45) is 5.92 Å². The highest BCUT2D eigenvalue weighted by Gasteiger charge is 2.37. The summed E-state index contributed by atoms with van der Waals surface area (Å²) in [4.78, 5) is 31.6. The number of nitrogens with zero attached hydrogens (tertiary/aromatic N) is 3. The van der Waals surface area contributed by atoms with Crippen molar-refractivity contribution in [3.05, 3.63) is 23.4 Å². The van der Waals surface area contributed by atoms with Gasteiger partial charge in [0.05, 0.1) is 23.1 Å². The van der Waals surface area contributed by atoms with E-state index in [1.54, 1.807) is 12.1 Å². The van der Waals surface area contributed by atoms with Crippen molar-refractivity contribution >= 4 is 29.2 Å². The van der Waals surface area contributed by atoms with Crippen LogP contribution in [0.15, 0.2) is 18.3 Å². The molecule has 2 atom stereocenters. The van der Waals surface area contributed by atoms with E-state index in [0.29, 0.717) is 30.2 Å². The molecule has 1 saturated heterocycles. The molecule has 3 rings (SSSR count). The van der Waals surface area contributed by atoms with Crippen molar-refractivity contribution in [1.29, 1.82) is 5.26 Å². The van der Waals surface area contributed by atoms with Gasteiger partial charge in [-0.25, -0.2) is 4.98 Å². The first-order valence-electron chi connectivity index (χ1n) is 10.3. The number of carbonyl (C=O) groups is 2. The maximum Gasteiger partial charge on any atom is 0.238 e. The second-order valence-corrected chi connectivity index (χ2v) is 8.54. The fourth-order valence-corrected chi connectivity index (χ4v) is 4.29. The quantitative estimate of drug-likeness (QED) is 0.766. The monoisotopic (exact) mass is 417 g/mol. The Labute approximate surface area is 176 Å². The van der Waals surface area contributed by atoms with Crippen LogP contribution in [-0.4, -0.2) is 46.4 Å². The van der Waals surface area contributed by atoms with E-state index >= 15 is 0 Å². The molecule has 2 N–H and O–H groups in total. The summed E-state index contributed by atoms with van der Waals surface area (Å²) in [5, 5.41) is 16.0. The zero-order valence-electron chi connectivity index (χ0n) is 16.8. The third-order valence-corrected chi connectivity index (χ3v) is 6.24. The third kappa shape index (κ3) is 5.46. The number of carbonyl (C=O) groups excluding carboxylic acids is 2. The van der Waals surface area contributed by atoms with Crippen LogP contribution in [0.2, 0.25) is 5.02 Å². The first-order chi connectivity index (χ1) is 13.9. The molecule has 2 amide bonds. The number of pyridine rings is 1. The number of anilines is 1. The molecule has 1 aromatic heterocycles. The van der Waals surface area contributed by atoms with Gasteiger partial charge >= 0.3 is 0 Å². The number of rotatable bonds is 5. The number of amides is 2. The summed E-state index contributed by atoms with van der Waals surface area (Å²) in [7, 11) is 0. The van der Waals surface area contributed by atoms with Gasteiger partial charge in [0.1, 0.15) is 11.4 Å². The predicted molar refractivity (Wildman–Crippen MR) is 111 cm³/mol. The van der Waals surface area contributed by atoms with E-state index in [1.165, 1.54) is 6.20 Å². The van der Waals surface area contributed by atoms with E-state index in [2.05, 4.69) is 21.7 Å². The lowest BCUT2D eigenvalue weighted by Gasteiger charge is -2.38. The van der Waals surface area contributed by atoms with E-state index in [9.17, 15) is 14.9 Å². The molecule has 0 bridgehead atoms. The highest BCUT2D eigenvalue weighted by Crippen LogP contribution is 2.28. The smallest absolute Gasteiger partial charge is 0.238 e. The van der Waals surface area contributed by atoms with Crippen molar-refractivity contribution in [1.82, 2.24) is 15.2 Å². The molecule has 1 saturated carbocycles. The Bertz CT molecular complexity index is 770. The van der Waals surface area contributed by atoms with Crippen molar-refractivity contribution in [2.75, 3.05) is 18.4 Å². The largest absolute Gasteiger partial charge is 0.336 e. The zero-order chi connectivity index (χ0) is 20.9. The van der Waals surface area contributed by atoms with E-state index in [1.807, 2.05) is 11.8 Å². The molecule has 156 valence electrons. The number of hydrogen-bond donors (Lipinski definition) is 2. The molecule has 1 aliphatic heterocycles. The Hall–Kier alpha value is -2.17. The minimum absolute atomic E-state index is 0.0992. The summed E-state index contributed by atoms with van der Waals surface area (Å²) >= 11 is 5.83. The number of halogens is 1. The number of likely N-dealkylation sites (tertiary alicyclic amines) is 1. The molecule has 2 heterocycles. The van der Waals surface area contributed by atoms with Gasteiger partial charge < -0.3 is 10.6 Å². The number of aromatic nitrogens is 1. The van der Waals surface area contributed by atoms with Crippen LogP contribution in [0.1, 0.15) is 51.9 Å². The number of nitrogens with one attached hydrogen (secondary N) is 2. The molecule has 8 heteroatoms. The minimum Gasteiger partial charge on any atom is -0.336 e. The van der Waals surface area contributed by atoms with Crippen LogP contribution in [0.3, 0.4) is 0 Å². The Morgan fingerprint density at radius 1 is 1.31 bits per heavy atom. The predicted octanol–water partition coefficient (Wildman–Crippen LogP) is 3.12. The first-order valence-corrected chi connectivity index (χ1v) is 10.7. The van der Waals surface area contributed by atoms with Crippen LogP contribution >= 0.6 is 11.6 Å². The van der Waals surface area contributed by atoms with E-state index < -0.39 is 5.54 Å². The molecule has 2 aliphatic rings. The highest BCUT2D eigenvalue weighted by atomic mass is 35.5. The Morgan fingerprint density at radius 2 is 2.07 bits per heavy atom. The summed E-state index contributed by atoms with van der Waals surface area (Å²) in [6, 6.07) is 5.30. The minimum atomic E-state index is -0.740. The topological polar surface area (TPSA) is 98.1 Å². The van der Waals surface area contributed by atoms with Gasteiger partial charge in [0, 0.05) is 12.7 Å². The van der Waals surface area contributed by atoms with E-state index in [-0.39, 0.29) is 23.8 Å². The van der Waals surface area contributed by atoms with Crippen molar-refractivity contribution in [2.45, 2.75) is 63.5 Å². The summed E-state index contributed by atoms with van der Waals surface area (Å²) in [5.74, 6) is 0.0263. The number of piperidine rings is 1. The van der Waals surface area contributed by atoms with Gasteiger partial charge in [-0.1, -0.05) is 30.9 Å². The normalized spacial score (nSPS) is 22.9. The van der Waals surface area contributed by atoms with Crippen LogP contribution in [0.25, 0.3) is 0 Å². The number of nitriles is 1. The zero-order valence-corrected chi connectivity index (χ0v) is 17.5. The SMILES string of the molecule is CC(C(=O)NC1(C#N)CCCCC1)N1CCCC(C(=O)Nc2ccc(Cl)cn2)C1. The van der Waals surface area contributed by atoms with Gasteiger partial charge in [-0.2, -0.15) is 5.26 Å². The van der Waals surface area contributed by atoms with Crippen molar-refractivity contribution in [3.8, 4) is 6.07 Å². The van der Waals surface area contributed by atoms with Crippen molar-refractivity contribution < 1.29 is 9.59 Å². The van der Waals surface area contributed by atoms with Crippen LogP contribution in [0.4, 0.5) is 5.82 Å². The van der Waals surface area contributed by atoms with Crippen LogP contribution in [0, 0.1) is 17.2 Å². The molecule has 29 heavy (non-hydrogen) atoms. The molecule has 7 nitrogen and oxygen atoms in total.